The Morgan fingerprint density at radius 1 is 1.26 bits per heavy atom. The lowest BCUT2D eigenvalue weighted by Crippen LogP contribution is -2.39. The summed E-state index contributed by atoms with van der Waals surface area (Å²) in [5.41, 5.74) is 5.56. The molecular weight excluding hydrogens is 449 g/mol. The van der Waals surface area contributed by atoms with E-state index in [1.807, 2.05) is 31.2 Å². The molecule has 0 aliphatic carbocycles. The summed E-state index contributed by atoms with van der Waals surface area (Å²) in [6.45, 7) is 3.13. The van der Waals surface area contributed by atoms with Gasteiger partial charge in [-0.15, -0.1) is 0 Å². The number of nitrogens with zero attached hydrogens (tertiary/aromatic N) is 2. The number of nitrogens with one attached hydrogen (secondary N) is 1. The number of aromatic amines is 1. The fourth-order valence-corrected chi connectivity index (χ4v) is 4.79. The van der Waals surface area contributed by atoms with E-state index < -0.39 is 5.82 Å². The standard InChI is InChI=1S/C27H28FN3O4/c1-2-35-24-8-7-17(13-20(24)28)14-22-27-26(18-5-3-4-6-21(18)30-27)19-9-10-31(15-23(19)29-22)25(33)16-34-12-11-32/h3-8,13,30,32H,2,9-12,14-16H2,1H3. The van der Waals surface area contributed by atoms with Crippen molar-refractivity contribution in [2.75, 3.05) is 33.0 Å². The quantitative estimate of drug-likeness (QED) is 0.378. The Kier molecular flexibility index (Phi) is 6.66. The molecule has 4 aromatic rings. The van der Waals surface area contributed by atoms with Crippen LogP contribution in [0.5, 0.6) is 5.75 Å². The van der Waals surface area contributed by atoms with Crippen LogP contribution in [0.15, 0.2) is 42.5 Å². The molecule has 8 heteroatoms. The number of aliphatic hydroxyl groups excluding tert-OH is 1. The summed E-state index contributed by atoms with van der Waals surface area (Å²) in [6.07, 6.45) is 1.12. The van der Waals surface area contributed by atoms with Crippen LogP contribution in [0.25, 0.3) is 21.8 Å². The largest absolute Gasteiger partial charge is 0.491 e. The van der Waals surface area contributed by atoms with E-state index in [1.165, 1.54) is 6.07 Å². The number of carbonyl (C=O) groups is 1. The topological polar surface area (TPSA) is 87.7 Å². The van der Waals surface area contributed by atoms with E-state index in [0.29, 0.717) is 32.5 Å². The van der Waals surface area contributed by atoms with Gasteiger partial charge in [-0.25, -0.2) is 4.39 Å². The van der Waals surface area contributed by atoms with Crippen molar-refractivity contribution in [3.8, 4) is 5.75 Å². The molecule has 5 rings (SSSR count). The van der Waals surface area contributed by atoms with Gasteiger partial charge >= 0.3 is 0 Å². The normalized spacial score (nSPS) is 13.4. The molecule has 1 aliphatic rings. The molecule has 2 aromatic carbocycles. The molecule has 0 spiro atoms. The van der Waals surface area contributed by atoms with Crippen LogP contribution in [0.2, 0.25) is 0 Å². The van der Waals surface area contributed by atoms with Crippen LogP contribution < -0.4 is 4.74 Å². The van der Waals surface area contributed by atoms with E-state index >= 15 is 0 Å². The van der Waals surface area contributed by atoms with Gasteiger partial charge in [-0.05, 0) is 42.7 Å². The molecule has 35 heavy (non-hydrogen) atoms. The Morgan fingerprint density at radius 2 is 2.11 bits per heavy atom. The van der Waals surface area contributed by atoms with Crippen LogP contribution in [0.1, 0.15) is 29.4 Å². The highest BCUT2D eigenvalue weighted by atomic mass is 19.1. The number of para-hydroxylation sites is 1. The Bertz CT molecular complexity index is 1380. The third kappa shape index (κ3) is 4.59. The molecule has 0 unspecified atom stereocenters. The Morgan fingerprint density at radius 3 is 2.91 bits per heavy atom. The minimum atomic E-state index is -0.394. The second-order valence-corrected chi connectivity index (χ2v) is 8.62. The van der Waals surface area contributed by atoms with Crippen molar-refractivity contribution in [2.45, 2.75) is 26.3 Å². The van der Waals surface area contributed by atoms with E-state index in [1.54, 1.807) is 11.0 Å². The molecule has 0 fully saturated rings. The van der Waals surface area contributed by atoms with Crippen molar-refractivity contribution in [2.24, 2.45) is 0 Å². The maximum atomic E-state index is 14.5. The molecule has 182 valence electrons. The highest BCUT2D eigenvalue weighted by molar-refractivity contribution is 6.10. The monoisotopic (exact) mass is 477 g/mol. The summed E-state index contributed by atoms with van der Waals surface area (Å²) in [5, 5.41) is 11.1. The number of pyridine rings is 1. The summed E-state index contributed by atoms with van der Waals surface area (Å²) in [6, 6.07) is 13.1. The van der Waals surface area contributed by atoms with Crippen molar-refractivity contribution in [3.05, 3.63) is 70.8 Å². The molecule has 1 aliphatic heterocycles. The number of ether oxygens (including phenoxy) is 2. The number of aromatic nitrogens is 2. The number of rotatable bonds is 8. The number of fused-ring (bicyclic) bond motifs is 5. The number of amides is 1. The van der Waals surface area contributed by atoms with Gasteiger partial charge in [0.15, 0.2) is 11.6 Å². The smallest absolute Gasteiger partial charge is 0.248 e. The first-order valence-corrected chi connectivity index (χ1v) is 11.9. The summed E-state index contributed by atoms with van der Waals surface area (Å²) < 4.78 is 25.1. The molecule has 1 amide bonds. The fourth-order valence-electron chi connectivity index (χ4n) is 4.79. The van der Waals surface area contributed by atoms with E-state index in [4.69, 9.17) is 19.6 Å². The number of carbonyl (C=O) groups excluding carboxylic acids is 1. The predicted octanol–water partition coefficient (Wildman–Crippen LogP) is 3.74. The van der Waals surface area contributed by atoms with Gasteiger partial charge in [-0.3, -0.25) is 9.78 Å². The van der Waals surface area contributed by atoms with Crippen LogP contribution in [-0.4, -0.2) is 58.9 Å². The molecular formula is C27H28FN3O4. The van der Waals surface area contributed by atoms with Crippen LogP contribution in [-0.2, 0) is 28.9 Å². The van der Waals surface area contributed by atoms with Crippen molar-refractivity contribution in [1.82, 2.24) is 14.9 Å². The van der Waals surface area contributed by atoms with Gasteiger partial charge < -0.3 is 24.5 Å². The molecule has 0 bridgehead atoms. The zero-order valence-corrected chi connectivity index (χ0v) is 19.6. The van der Waals surface area contributed by atoms with Crippen LogP contribution in [0, 0.1) is 5.82 Å². The number of benzene rings is 2. The maximum absolute atomic E-state index is 14.5. The average Bonchev–Trinajstić information content (AvgIpc) is 3.26. The molecule has 0 atom stereocenters. The van der Waals surface area contributed by atoms with Crippen LogP contribution in [0.3, 0.4) is 0 Å². The van der Waals surface area contributed by atoms with Crippen molar-refractivity contribution >= 4 is 27.7 Å². The van der Waals surface area contributed by atoms with Gasteiger partial charge in [-0.1, -0.05) is 24.3 Å². The van der Waals surface area contributed by atoms with Crippen LogP contribution >= 0.6 is 0 Å². The van der Waals surface area contributed by atoms with E-state index in [-0.39, 0.29) is 31.5 Å². The van der Waals surface area contributed by atoms with Gasteiger partial charge in [0.25, 0.3) is 0 Å². The minimum Gasteiger partial charge on any atom is -0.491 e. The van der Waals surface area contributed by atoms with Gasteiger partial charge in [0.2, 0.25) is 5.91 Å². The average molecular weight is 478 g/mol. The highest BCUT2D eigenvalue weighted by Crippen LogP contribution is 2.35. The molecule has 3 heterocycles. The van der Waals surface area contributed by atoms with E-state index in [0.717, 1.165) is 44.3 Å². The second kappa shape index (κ2) is 10.0. The van der Waals surface area contributed by atoms with Gasteiger partial charge in [0.05, 0.1) is 43.3 Å². The number of H-pyrrole nitrogens is 1. The summed E-state index contributed by atoms with van der Waals surface area (Å²) in [4.78, 5) is 22.9. The summed E-state index contributed by atoms with van der Waals surface area (Å²) in [5.74, 6) is -0.280. The first kappa shape index (κ1) is 23.3. The fraction of sp³-hybridized carbons (Fsp3) is 0.333. The van der Waals surface area contributed by atoms with Gasteiger partial charge in [0, 0.05) is 29.3 Å². The van der Waals surface area contributed by atoms with E-state index in [9.17, 15) is 9.18 Å². The van der Waals surface area contributed by atoms with Crippen molar-refractivity contribution < 1.29 is 23.8 Å². The minimum absolute atomic E-state index is 0.0659. The lowest BCUT2D eigenvalue weighted by molar-refractivity contribution is -0.137. The SMILES string of the molecule is CCOc1ccc(Cc2nc3c(c4c2[nH]c2ccccc24)CCN(C(=O)COCCO)C3)cc1F. The predicted molar refractivity (Wildman–Crippen MR) is 131 cm³/mol. The van der Waals surface area contributed by atoms with E-state index in [2.05, 4.69) is 11.1 Å². The lowest BCUT2D eigenvalue weighted by atomic mass is 9.96. The number of hydrogen-bond acceptors (Lipinski definition) is 5. The first-order chi connectivity index (χ1) is 17.1. The maximum Gasteiger partial charge on any atom is 0.248 e. The Hall–Kier alpha value is -3.49. The second-order valence-electron chi connectivity index (χ2n) is 8.62. The first-order valence-electron chi connectivity index (χ1n) is 11.9. The Labute approximate surface area is 202 Å². The third-order valence-corrected chi connectivity index (χ3v) is 6.37. The molecule has 0 saturated carbocycles. The number of aliphatic hydroxyl groups is 1. The van der Waals surface area contributed by atoms with Gasteiger partial charge in [-0.2, -0.15) is 0 Å². The Balaban J connectivity index is 1.54. The lowest BCUT2D eigenvalue weighted by Gasteiger charge is -2.29. The summed E-state index contributed by atoms with van der Waals surface area (Å²) >= 11 is 0. The molecule has 0 radical (unpaired) electrons. The number of halogens is 1. The molecule has 7 nitrogen and oxygen atoms in total. The third-order valence-electron chi connectivity index (χ3n) is 6.37. The van der Waals surface area contributed by atoms with Crippen molar-refractivity contribution in [1.29, 1.82) is 0 Å². The van der Waals surface area contributed by atoms with Crippen molar-refractivity contribution in [3.63, 3.8) is 0 Å². The zero-order valence-electron chi connectivity index (χ0n) is 19.6. The van der Waals surface area contributed by atoms with Crippen LogP contribution in [0.4, 0.5) is 4.39 Å². The molecule has 2 N–H and O–H groups in total. The number of hydrogen-bond donors (Lipinski definition) is 2. The molecule has 2 aromatic heterocycles. The zero-order chi connectivity index (χ0) is 24.4. The highest BCUT2D eigenvalue weighted by Gasteiger charge is 2.26. The summed E-state index contributed by atoms with van der Waals surface area (Å²) in [7, 11) is 0. The molecule has 0 saturated heterocycles. The van der Waals surface area contributed by atoms with Gasteiger partial charge in [0.1, 0.15) is 6.61 Å².